The summed E-state index contributed by atoms with van der Waals surface area (Å²) in [5.41, 5.74) is 0. The van der Waals surface area contributed by atoms with E-state index in [1.807, 2.05) is 0 Å². The number of aromatic nitrogens is 3. The average Bonchev–Trinajstić information content (AvgIpc) is 2.55. The predicted molar refractivity (Wildman–Crippen MR) is 86.2 cm³/mol. The summed E-state index contributed by atoms with van der Waals surface area (Å²) in [7, 11) is 0. The summed E-state index contributed by atoms with van der Waals surface area (Å²) in [6.45, 7) is 5.31. The van der Waals surface area contributed by atoms with Gasteiger partial charge in [-0.15, -0.1) is 0 Å². The van der Waals surface area contributed by atoms with Crippen molar-refractivity contribution in [1.82, 2.24) is 15.0 Å². The second-order valence-electron chi connectivity index (χ2n) is 6.00. The minimum absolute atomic E-state index is 0.320. The third kappa shape index (κ3) is 3.39. The zero-order valence-electron chi connectivity index (χ0n) is 12.8. The maximum atomic E-state index is 6.16. The summed E-state index contributed by atoms with van der Waals surface area (Å²) in [6, 6.07) is 0.534. The van der Waals surface area contributed by atoms with Crippen LogP contribution in [0, 0.1) is 0 Å². The molecule has 6 heteroatoms. The highest BCUT2D eigenvalue weighted by molar-refractivity contribution is 6.28. The standard InChI is InChI=1S/C15H24ClN5/c1-2-12-8-4-7-11-21(12)15-18-13(16)17-14(19-15)20-9-5-3-6-10-20/h12H,2-11H2,1H3. The van der Waals surface area contributed by atoms with Crippen LogP contribution in [0.2, 0.25) is 5.28 Å². The third-order valence-electron chi connectivity index (χ3n) is 4.58. The molecule has 1 atom stereocenters. The molecule has 2 aliphatic heterocycles. The summed E-state index contributed by atoms with van der Waals surface area (Å²) in [5.74, 6) is 1.52. The minimum atomic E-state index is 0.320. The van der Waals surface area contributed by atoms with Crippen molar-refractivity contribution in [2.75, 3.05) is 29.4 Å². The van der Waals surface area contributed by atoms with E-state index in [-0.39, 0.29) is 0 Å². The Labute approximate surface area is 131 Å². The van der Waals surface area contributed by atoms with Crippen LogP contribution < -0.4 is 9.80 Å². The van der Waals surface area contributed by atoms with E-state index >= 15 is 0 Å². The summed E-state index contributed by atoms with van der Waals surface area (Å²) in [4.78, 5) is 18.0. The SMILES string of the molecule is CCC1CCCCN1c1nc(Cl)nc(N2CCCCC2)n1. The fourth-order valence-electron chi connectivity index (χ4n) is 3.38. The lowest BCUT2D eigenvalue weighted by Gasteiger charge is -2.35. The number of anilines is 2. The van der Waals surface area contributed by atoms with Crippen LogP contribution in [0.5, 0.6) is 0 Å². The molecule has 2 aliphatic rings. The molecule has 116 valence electrons. The topological polar surface area (TPSA) is 45.2 Å². The Morgan fingerprint density at radius 1 is 0.952 bits per heavy atom. The minimum Gasteiger partial charge on any atom is -0.341 e. The molecule has 0 aliphatic carbocycles. The van der Waals surface area contributed by atoms with Crippen molar-refractivity contribution in [3.05, 3.63) is 5.28 Å². The molecule has 0 bridgehead atoms. The first kappa shape index (κ1) is 14.8. The van der Waals surface area contributed by atoms with Crippen molar-refractivity contribution in [2.45, 2.75) is 57.9 Å². The molecular weight excluding hydrogens is 286 g/mol. The van der Waals surface area contributed by atoms with E-state index in [0.717, 1.165) is 38.0 Å². The first-order chi connectivity index (χ1) is 10.3. The van der Waals surface area contributed by atoms with Gasteiger partial charge < -0.3 is 9.80 Å². The quantitative estimate of drug-likeness (QED) is 0.857. The maximum absolute atomic E-state index is 6.16. The van der Waals surface area contributed by atoms with E-state index in [9.17, 15) is 0 Å². The summed E-state index contributed by atoms with van der Waals surface area (Å²) >= 11 is 6.16. The van der Waals surface area contributed by atoms with Gasteiger partial charge in [-0.1, -0.05) is 6.92 Å². The normalized spacial score (nSPS) is 23.4. The van der Waals surface area contributed by atoms with E-state index in [4.69, 9.17) is 16.6 Å². The van der Waals surface area contributed by atoms with Crippen molar-refractivity contribution in [3.8, 4) is 0 Å². The number of hydrogen-bond acceptors (Lipinski definition) is 5. The molecule has 0 spiro atoms. The molecule has 0 radical (unpaired) electrons. The number of rotatable bonds is 3. The lowest BCUT2D eigenvalue weighted by atomic mass is 10.0. The Hall–Kier alpha value is -1.10. The molecule has 1 unspecified atom stereocenters. The van der Waals surface area contributed by atoms with Gasteiger partial charge in [-0.2, -0.15) is 15.0 Å². The van der Waals surface area contributed by atoms with Crippen LogP contribution in [0.15, 0.2) is 0 Å². The first-order valence-electron chi connectivity index (χ1n) is 8.21. The monoisotopic (exact) mass is 309 g/mol. The fourth-order valence-corrected chi connectivity index (χ4v) is 3.53. The van der Waals surface area contributed by atoms with Gasteiger partial charge in [0.2, 0.25) is 17.2 Å². The van der Waals surface area contributed by atoms with Crippen molar-refractivity contribution in [1.29, 1.82) is 0 Å². The molecule has 0 amide bonds. The molecule has 2 saturated heterocycles. The van der Waals surface area contributed by atoms with E-state index in [2.05, 4.69) is 26.7 Å². The smallest absolute Gasteiger partial charge is 0.231 e. The van der Waals surface area contributed by atoms with Gasteiger partial charge in [0, 0.05) is 25.7 Å². The highest BCUT2D eigenvalue weighted by Gasteiger charge is 2.25. The van der Waals surface area contributed by atoms with Crippen LogP contribution in [0.4, 0.5) is 11.9 Å². The van der Waals surface area contributed by atoms with Crippen molar-refractivity contribution >= 4 is 23.5 Å². The Morgan fingerprint density at radius 3 is 2.43 bits per heavy atom. The van der Waals surface area contributed by atoms with Crippen LogP contribution in [0.3, 0.4) is 0 Å². The lowest BCUT2D eigenvalue weighted by molar-refractivity contribution is 0.442. The van der Waals surface area contributed by atoms with Crippen molar-refractivity contribution in [2.24, 2.45) is 0 Å². The molecule has 3 heterocycles. The number of halogens is 1. The largest absolute Gasteiger partial charge is 0.341 e. The lowest BCUT2D eigenvalue weighted by Crippen LogP contribution is -2.41. The van der Waals surface area contributed by atoms with Crippen LogP contribution >= 0.6 is 11.6 Å². The highest BCUT2D eigenvalue weighted by Crippen LogP contribution is 2.26. The summed E-state index contributed by atoms with van der Waals surface area (Å²) in [5, 5.41) is 0.320. The second-order valence-corrected chi connectivity index (χ2v) is 6.34. The Kier molecular flexibility index (Phi) is 4.78. The molecule has 1 aromatic rings. The molecule has 0 aromatic carbocycles. The zero-order chi connectivity index (χ0) is 14.7. The maximum Gasteiger partial charge on any atom is 0.231 e. The molecule has 2 fully saturated rings. The number of hydrogen-bond donors (Lipinski definition) is 0. The number of nitrogens with zero attached hydrogens (tertiary/aromatic N) is 5. The van der Waals surface area contributed by atoms with Gasteiger partial charge in [0.25, 0.3) is 0 Å². The molecule has 3 rings (SSSR count). The van der Waals surface area contributed by atoms with Gasteiger partial charge in [0.05, 0.1) is 0 Å². The number of piperidine rings is 2. The van der Waals surface area contributed by atoms with Crippen LogP contribution in [-0.4, -0.2) is 40.6 Å². The Balaban J connectivity index is 1.85. The highest BCUT2D eigenvalue weighted by atomic mass is 35.5. The van der Waals surface area contributed by atoms with E-state index in [0.29, 0.717) is 11.3 Å². The van der Waals surface area contributed by atoms with Gasteiger partial charge >= 0.3 is 0 Å². The fraction of sp³-hybridized carbons (Fsp3) is 0.800. The second kappa shape index (κ2) is 6.77. The molecule has 0 saturated carbocycles. The molecule has 1 aromatic heterocycles. The van der Waals surface area contributed by atoms with Gasteiger partial charge in [0.15, 0.2) is 0 Å². The third-order valence-corrected chi connectivity index (χ3v) is 4.75. The van der Waals surface area contributed by atoms with Crippen LogP contribution in [0.1, 0.15) is 51.9 Å². The van der Waals surface area contributed by atoms with E-state index in [1.54, 1.807) is 0 Å². The van der Waals surface area contributed by atoms with E-state index in [1.165, 1.54) is 38.5 Å². The van der Waals surface area contributed by atoms with Crippen LogP contribution in [0.25, 0.3) is 0 Å². The molecule has 5 nitrogen and oxygen atoms in total. The van der Waals surface area contributed by atoms with E-state index < -0.39 is 0 Å². The Bertz CT molecular complexity index is 475. The summed E-state index contributed by atoms with van der Waals surface area (Å²) in [6.07, 6.45) is 8.57. The van der Waals surface area contributed by atoms with Gasteiger partial charge in [-0.05, 0) is 56.5 Å². The average molecular weight is 310 g/mol. The van der Waals surface area contributed by atoms with Crippen molar-refractivity contribution < 1.29 is 0 Å². The molecule has 21 heavy (non-hydrogen) atoms. The zero-order valence-corrected chi connectivity index (χ0v) is 13.5. The molecule has 0 N–H and O–H groups in total. The molecular formula is C15H24ClN5. The summed E-state index contributed by atoms with van der Waals surface area (Å²) < 4.78 is 0. The van der Waals surface area contributed by atoms with Gasteiger partial charge in [-0.3, -0.25) is 0 Å². The first-order valence-corrected chi connectivity index (χ1v) is 8.59. The predicted octanol–water partition coefficient (Wildman–Crippen LogP) is 3.28. The Morgan fingerprint density at radius 2 is 1.67 bits per heavy atom. The van der Waals surface area contributed by atoms with Crippen LogP contribution in [-0.2, 0) is 0 Å². The van der Waals surface area contributed by atoms with Gasteiger partial charge in [0.1, 0.15) is 0 Å². The van der Waals surface area contributed by atoms with Gasteiger partial charge in [-0.25, -0.2) is 0 Å². The van der Waals surface area contributed by atoms with Crippen molar-refractivity contribution in [3.63, 3.8) is 0 Å².